The lowest BCUT2D eigenvalue weighted by molar-refractivity contribution is 0.0784. The summed E-state index contributed by atoms with van der Waals surface area (Å²) in [5, 5.41) is 0. The minimum Gasteiger partial charge on any atom is -0.337 e. The quantitative estimate of drug-likeness (QED) is 0.885. The SMILES string of the molecule is CCC[C@@H]1CN(C(=O)c2cc(C)c(C)cc2C)C[C@H]1NS(C)(=O)=O. The Labute approximate surface area is 145 Å². The number of carbonyl (C=O) groups is 1. The second-order valence-electron chi connectivity index (χ2n) is 7.01. The van der Waals surface area contributed by atoms with E-state index in [0.29, 0.717) is 18.7 Å². The van der Waals surface area contributed by atoms with Gasteiger partial charge in [0.15, 0.2) is 0 Å². The first kappa shape index (κ1) is 18.9. The monoisotopic (exact) mass is 352 g/mol. The maximum Gasteiger partial charge on any atom is 0.254 e. The molecule has 0 saturated carbocycles. The number of nitrogens with zero attached hydrogens (tertiary/aromatic N) is 1. The number of sulfonamides is 1. The van der Waals surface area contributed by atoms with Gasteiger partial charge in [-0.15, -0.1) is 0 Å². The predicted octanol–water partition coefficient (Wildman–Crippen LogP) is 2.40. The third-order valence-corrected chi connectivity index (χ3v) is 5.56. The summed E-state index contributed by atoms with van der Waals surface area (Å²) in [5.74, 6) is 0.162. The van der Waals surface area contributed by atoms with Crippen LogP contribution in [0.2, 0.25) is 0 Å². The lowest BCUT2D eigenvalue weighted by atomic mass is 9.99. The maximum atomic E-state index is 12.9. The molecule has 0 aliphatic carbocycles. The fraction of sp³-hybridized carbons (Fsp3) is 0.611. The van der Waals surface area contributed by atoms with Crippen molar-refractivity contribution in [3.05, 3.63) is 34.4 Å². The number of hydrogen-bond acceptors (Lipinski definition) is 3. The van der Waals surface area contributed by atoms with Crippen LogP contribution in [-0.4, -0.2) is 44.6 Å². The van der Waals surface area contributed by atoms with Crippen molar-refractivity contribution in [3.8, 4) is 0 Å². The molecule has 0 bridgehead atoms. The van der Waals surface area contributed by atoms with Crippen molar-refractivity contribution in [2.24, 2.45) is 5.92 Å². The molecule has 0 radical (unpaired) electrons. The summed E-state index contributed by atoms with van der Waals surface area (Å²) in [6.07, 6.45) is 3.05. The van der Waals surface area contributed by atoms with Gasteiger partial charge >= 0.3 is 0 Å². The summed E-state index contributed by atoms with van der Waals surface area (Å²) in [6.45, 7) is 9.11. The smallest absolute Gasteiger partial charge is 0.254 e. The molecule has 0 spiro atoms. The van der Waals surface area contributed by atoms with E-state index in [1.807, 2.05) is 32.9 Å². The highest BCUT2D eigenvalue weighted by Gasteiger charge is 2.36. The molecular formula is C18H28N2O3S. The molecule has 1 saturated heterocycles. The van der Waals surface area contributed by atoms with Gasteiger partial charge in [0.1, 0.15) is 0 Å². The first-order valence-electron chi connectivity index (χ1n) is 8.46. The normalized spacial score (nSPS) is 21.3. The predicted molar refractivity (Wildman–Crippen MR) is 96.7 cm³/mol. The van der Waals surface area contributed by atoms with E-state index in [4.69, 9.17) is 0 Å². The van der Waals surface area contributed by atoms with Gasteiger partial charge in [-0.05, 0) is 55.9 Å². The number of amides is 1. The lowest BCUT2D eigenvalue weighted by Gasteiger charge is -2.19. The molecule has 1 aliphatic rings. The zero-order chi connectivity index (χ0) is 18.1. The largest absolute Gasteiger partial charge is 0.337 e. The maximum absolute atomic E-state index is 12.9. The zero-order valence-corrected chi connectivity index (χ0v) is 16.0. The number of hydrogen-bond donors (Lipinski definition) is 1. The van der Waals surface area contributed by atoms with Gasteiger partial charge in [-0.1, -0.05) is 19.4 Å². The van der Waals surface area contributed by atoms with Gasteiger partial charge in [0.2, 0.25) is 10.0 Å². The molecule has 6 heteroatoms. The van der Waals surface area contributed by atoms with E-state index >= 15 is 0 Å². The standard InChI is InChI=1S/C18H28N2O3S/c1-6-7-15-10-20(11-17(15)19-24(5,22)23)18(21)16-9-13(3)12(2)8-14(16)4/h8-9,15,17,19H,6-7,10-11H2,1-5H3/t15-,17-/m1/s1. The average molecular weight is 353 g/mol. The Morgan fingerprint density at radius 1 is 1.17 bits per heavy atom. The Morgan fingerprint density at radius 3 is 2.38 bits per heavy atom. The number of nitrogens with one attached hydrogen (secondary N) is 1. The van der Waals surface area contributed by atoms with Crippen LogP contribution < -0.4 is 4.72 Å². The van der Waals surface area contributed by atoms with Crippen LogP contribution in [-0.2, 0) is 10.0 Å². The molecule has 1 fully saturated rings. The van der Waals surface area contributed by atoms with Crippen molar-refractivity contribution in [1.82, 2.24) is 9.62 Å². The molecule has 1 N–H and O–H groups in total. The van der Waals surface area contributed by atoms with Crippen molar-refractivity contribution < 1.29 is 13.2 Å². The van der Waals surface area contributed by atoms with E-state index in [0.717, 1.165) is 24.0 Å². The Bertz CT molecular complexity index is 728. The number of aryl methyl sites for hydroxylation is 3. The highest BCUT2D eigenvalue weighted by molar-refractivity contribution is 7.88. The molecule has 134 valence electrons. The second-order valence-corrected chi connectivity index (χ2v) is 8.79. The van der Waals surface area contributed by atoms with Crippen LogP contribution in [0.4, 0.5) is 0 Å². The molecule has 5 nitrogen and oxygen atoms in total. The molecule has 1 heterocycles. The molecule has 1 aromatic rings. The van der Waals surface area contributed by atoms with Gasteiger partial charge < -0.3 is 4.90 Å². The molecule has 0 aromatic heterocycles. The van der Waals surface area contributed by atoms with Crippen molar-refractivity contribution in [1.29, 1.82) is 0 Å². The summed E-state index contributed by atoms with van der Waals surface area (Å²) in [7, 11) is -3.28. The van der Waals surface area contributed by atoms with Gasteiger partial charge in [0, 0.05) is 24.7 Å². The third-order valence-electron chi connectivity index (χ3n) is 4.82. The van der Waals surface area contributed by atoms with Crippen LogP contribution in [0.1, 0.15) is 46.8 Å². The van der Waals surface area contributed by atoms with Gasteiger partial charge in [0.25, 0.3) is 5.91 Å². The Balaban J connectivity index is 2.23. The Morgan fingerprint density at radius 2 is 1.79 bits per heavy atom. The molecule has 0 unspecified atom stereocenters. The molecule has 1 amide bonds. The number of carbonyl (C=O) groups excluding carboxylic acids is 1. The van der Waals surface area contributed by atoms with Crippen molar-refractivity contribution >= 4 is 15.9 Å². The van der Waals surface area contributed by atoms with Gasteiger partial charge in [-0.2, -0.15) is 0 Å². The number of benzene rings is 1. The molecule has 1 aromatic carbocycles. The van der Waals surface area contributed by atoms with Crippen molar-refractivity contribution in [2.75, 3.05) is 19.3 Å². The molecule has 1 aliphatic heterocycles. The van der Waals surface area contributed by atoms with Gasteiger partial charge in [-0.3, -0.25) is 4.79 Å². The summed E-state index contributed by atoms with van der Waals surface area (Å²) in [4.78, 5) is 14.7. The van der Waals surface area contributed by atoms with E-state index < -0.39 is 10.0 Å². The number of likely N-dealkylation sites (tertiary alicyclic amines) is 1. The molecule has 2 atom stereocenters. The summed E-state index contributed by atoms with van der Waals surface area (Å²) >= 11 is 0. The fourth-order valence-electron chi connectivity index (χ4n) is 3.47. The van der Waals surface area contributed by atoms with Crippen LogP contribution in [0.25, 0.3) is 0 Å². The van der Waals surface area contributed by atoms with Crippen LogP contribution in [0.15, 0.2) is 12.1 Å². The first-order chi connectivity index (χ1) is 11.1. The van der Waals surface area contributed by atoms with Crippen LogP contribution in [0.3, 0.4) is 0 Å². The average Bonchev–Trinajstić information content (AvgIpc) is 2.83. The molecule has 24 heavy (non-hydrogen) atoms. The number of rotatable bonds is 5. The van der Waals surface area contributed by atoms with E-state index in [1.54, 1.807) is 4.90 Å². The molecule has 2 rings (SSSR count). The third kappa shape index (κ3) is 4.36. The van der Waals surface area contributed by atoms with E-state index in [-0.39, 0.29) is 17.9 Å². The van der Waals surface area contributed by atoms with Gasteiger partial charge in [-0.25, -0.2) is 13.1 Å². The highest BCUT2D eigenvalue weighted by atomic mass is 32.2. The van der Waals surface area contributed by atoms with Gasteiger partial charge in [0.05, 0.1) is 6.26 Å². The van der Waals surface area contributed by atoms with Crippen LogP contribution >= 0.6 is 0 Å². The van der Waals surface area contributed by atoms with Crippen LogP contribution in [0, 0.1) is 26.7 Å². The first-order valence-corrected chi connectivity index (χ1v) is 10.4. The topological polar surface area (TPSA) is 66.5 Å². The van der Waals surface area contributed by atoms with Crippen molar-refractivity contribution in [3.63, 3.8) is 0 Å². The second kappa shape index (κ2) is 7.23. The summed E-state index contributed by atoms with van der Waals surface area (Å²) in [5.41, 5.74) is 3.95. The van der Waals surface area contributed by atoms with E-state index in [2.05, 4.69) is 11.6 Å². The zero-order valence-electron chi connectivity index (χ0n) is 15.2. The highest BCUT2D eigenvalue weighted by Crippen LogP contribution is 2.25. The molecular weight excluding hydrogens is 324 g/mol. The Kier molecular flexibility index (Phi) is 5.71. The summed E-state index contributed by atoms with van der Waals surface area (Å²) < 4.78 is 25.9. The van der Waals surface area contributed by atoms with Crippen molar-refractivity contribution in [2.45, 2.75) is 46.6 Å². The minimum absolute atomic E-state index is 0.00509. The Hall–Kier alpha value is -1.40. The summed E-state index contributed by atoms with van der Waals surface area (Å²) in [6, 6.07) is 3.78. The van der Waals surface area contributed by atoms with E-state index in [9.17, 15) is 13.2 Å². The fourth-order valence-corrected chi connectivity index (χ4v) is 4.29. The minimum atomic E-state index is -3.28. The lowest BCUT2D eigenvalue weighted by Crippen LogP contribution is -2.40. The van der Waals surface area contributed by atoms with E-state index in [1.165, 1.54) is 11.8 Å². The van der Waals surface area contributed by atoms with Crippen LogP contribution in [0.5, 0.6) is 0 Å².